The first kappa shape index (κ1) is 16.6. The van der Waals surface area contributed by atoms with Gasteiger partial charge in [0.2, 0.25) is 5.91 Å². The molecule has 26 heavy (non-hydrogen) atoms. The lowest BCUT2D eigenvalue weighted by Gasteiger charge is -2.20. The van der Waals surface area contributed by atoms with Gasteiger partial charge in [-0.2, -0.15) is 0 Å². The van der Waals surface area contributed by atoms with Crippen LogP contribution in [0, 0.1) is 5.92 Å². The average Bonchev–Trinajstić information content (AvgIpc) is 3.41. The van der Waals surface area contributed by atoms with Gasteiger partial charge in [-0.15, -0.1) is 0 Å². The highest BCUT2D eigenvalue weighted by molar-refractivity contribution is 5.96. The van der Waals surface area contributed by atoms with Crippen molar-refractivity contribution in [1.29, 1.82) is 0 Å². The van der Waals surface area contributed by atoms with Crippen LogP contribution in [0.4, 0.5) is 16.2 Å². The molecule has 5 heteroatoms. The quantitative estimate of drug-likeness (QED) is 0.854. The van der Waals surface area contributed by atoms with Gasteiger partial charge in [0.15, 0.2) is 0 Å². The number of carbonyl (C=O) groups excluding carboxylic acids is 2. The van der Waals surface area contributed by atoms with E-state index in [9.17, 15) is 9.59 Å². The van der Waals surface area contributed by atoms with E-state index in [0.717, 1.165) is 37.1 Å². The number of hydrogen-bond acceptors (Lipinski definition) is 2. The lowest BCUT2D eigenvalue weighted by Crippen LogP contribution is -2.33. The number of nitrogens with zero attached hydrogens (tertiary/aromatic N) is 1. The minimum absolute atomic E-state index is 0.0412. The van der Waals surface area contributed by atoms with Crippen molar-refractivity contribution in [3.8, 4) is 0 Å². The van der Waals surface area contributed by atoms with Gasteiger partial charge in [0, 0.05) is 24.3 Å². The Morgan fingerprint density at radius 1 is 1.08 bits per heavy atom. The number of hydrogen-bond donors (Lipinski definition) is 2. The van der Waals surface area contributed by atoms with E-state index in [1.54, 1.807) is 4.90 Å². The Morgan fingerprint density at radius 2 is 1.88 bits per heavy atom. The largest absolute Gasteiger partial charge is 0.331 e. The van der Waals surface area contributed by atoms with E-state index in [4.69, 9.17) is 0 Å². The van der Waals surface area contributed by atoms with Gasteiger partial charge in [0.25, 0.3) is 0 Å². The van der Waals surface area contributed by atoms with Crippen molar-refractivity contribution in [1.82, 2.24) is 5.32 Å². The molecule has 1 aliphatic heterocycles. The highest BCUT2D eigenvalue weighted by atomic mass is 16.2. The summed E-state index contributed by atoms with van der Waals surface area (Å²) in [5, 5.41) is 6.03. The van der Waals surface area contributed by atoms with Gasteiger partial charge < -0.3 is 15.5 Å². The molecule has 1 heterocycles. The zero-order chi connectivity index (χ0) is 17.9. The molecule has 1 aliphatic carbocycles. The molecule has 0 spiro atoms. The van der Waals surface area contributed by atoms with E-state index in [1.807, 2.05) is 42.5 Å². The zero-order valence-electron chi connectivity index (χ0n) is 14.7. The van der Waals surface area contributed by atoms with E-state index in [0.29, 0.717) is 18.0 Å². The zero-order valence-corrected chi connectivity index (χ0v) is 14.7. The Hall–Kier alpha value is -2.82. The van der Waals surface area contributed by atoms with Gasteiger partial charge in [-0.3, -0.25) is 4.79 Å². The van der Waals surface area contributed by atoms with E-state index in [-0.39, 0.29) is 18.0 Å². The standard InChI is InChI=1S/C21H23N3O2/c25-19-10-5-13-24(19)18-9-4-8-17(14-18)22-21(26)23-20(16-11-12-16)15-6-2-1-3-7-15/h1-4,6-9,14,16,20H,5,10-13H2,(H2,22,23,26). The van der Waals surface area contributed by atoms with Crippen LogP contribution in [0.3, 0.4) is 0 Å². The fourth-order valence-corrected chi connectivity index (χ4v) is 3.54. The Labute approximate surface area is 153 Å². The predicted octanol–water partition coefficient (Wildman–Crippen LogP) is 4.09. The van der Waals surface area contributed by atoms with Gasteiger partial charge in [-0.25, -0.2) is 4.79 Å². The Bertz CT molecular complexity index is 802. The Morgan fingerprint density at radius 3 is 2.58 bits per heavy atom. The third kappa shape index (κ3) is 3.72. The smallest absolute Gasteiger partial charge is 0.319 e. The molecule has 5 nitrogen and oxygen atoms in total. The number of rotatable bonds is 5. The number of benzene rings is 2. The fourth-order valence-electron chi connectivity index (χ4n) is 3.54. The number of urea groups is 1. The van der Waals surface area contributed by atoms with Crippen LogP contribution in [0.2, 0.25) is 0 Å². The molecular formula is C21H23N3O2. The van der Waals surface area contributed by atoms with Crippen molar-refractivity contribution in [2.24, 2.45) is 5.92 Å². The topological polar surface area (TPSA) is 61.4 Å². The molecule has 3 amide bonds. The molecule has 1 unspecified atom stereocenters. The summed E-state index contributed by atoms with van der Waals surface area (Å²) in [5.41, 5.74) is 2.68. The molecule has 1 atom stereocenters. The highest BCUT2D eigenvalue weighted by Gasteiger charge is 2.33. The summed E-state index contributed by atoms with van der Waals surface area (Å²) in [6.45, 7) is 0.742. The molecule has 4 rings (SSSR count). The molecular weight excluding hydrogens is 326 g/mol. The van der Waals surface area contributed by atoms with E-state index < -0.39 is 0 Å². The maximum absolute atomic E-state index is 12.5. The molecule has 134 valence electrons. The first-order valence-electron chi connectivity index (χ1n) is 9.23. The second kappa shape index (κ2) is 7.20. The SMILES string of the molecule is O=C(Nc1cccc(N2CCCC2=O)c1)NC(c1ccccc1)C1CC1. The van der Waals surface area contributed by atoms with Crippen molar-refractivity contribution < 1.29 is 9.59 Å². The van der Waals surface area contributed by atoms with Crippen molar-refractivity contribution in [2.45, 2.75) is 31.7 Å². The first-order valence-corrected chi connectivity index (χ1v) is 9.23. The summed E-state index contributed by atoms with van der Waals surface area (Å²) in [6, 6.07) is 17.4. The summed E-state index contributed by atoms with van der Waals surface area (Å²) in [6.07, 6.45) is 3.77. The van der Waals surface area contributed by atoms with Crippen LogP contribution in [0.15, 0.2) is 54.6 Å². The Balaban J connectivity index is 1.44. The van der Waals surface area contributed by atoms with Crippen LogP contribution >= 0.6 is 0 Å². The molecule has 2 aromatic rings. The van der Waals surface area contributed by atoms with Crippen molar-refractivity contribution >= 4 is 23.3 Å². The fraction of sp³-hybridized carbons (Fsp3) is 0.333. The van der Waals surface area contributed by atoms with Crippen molar-refractivity contribution in [2.75, 3.05) is 16.8 Å². The number of amides is 3. The van der Waals surface area contributed by atoms with Crippen LogP contribution < -0.4 is 15.5 Å². The van der Waals surface area contributed by atoms with Crippen LogP contribution in [-0.2, 0) is 4.79 Å². The van der Waals surface area contributed by atoms with Gasteiger partial charge in [-0.1, -0.05) is 36.4 Å². The minimum atomic E-state index is -0.212. The summed E-state index contributed by atoms with van der Waals surface area (Å²) in [4.78, 5) is 26.2. The van der Waals surface area contributed by atoms with Gasteiger partial charge in [0.1, 0.15) is 0 Å². The second-order valence-electron chi connectivity index (χ2n) is 7.02. The third-order valence-electron chi connectivity index (χ3n) is 5.03. The number of carbonyl (C=O) groups is 2. The second-order valence-corrected chi connectivity index (χ2v) is 7.02. The van der Waals surface area contributed by atoms with Crippen LogP contribution in [-0.4, -0.2) is 18.5 Å². The monoisotopic (exact) mass is 349 g/mol. The molecule has 2 N–H and O–H groups in total. The summed E-state index contributed by atoms with van der Waals surface area (Å²) in [7, 11) is 0. The first-order chi connectivity index (χ1) is 12.7. The molecule has 2 aromatic carbocycles. The molecule has 1 saturated heterocycles. The van der Waals surface area contributed by atoms with Crippen LogP contribution in [0.25, 0.3) is 0 Å². The van der Waals surface area contributed by atoms with E-state index in [1.165, 1.54) is 0 Å². The number of nitrogens with one attached hydrogen (secondary N) is 2. The van der Waals surface area contributed by atoms with Gasteiger partial charge >= 0.3 is 6.03 Å². The Kier molecular flexibility index (Phi) is 4.61. The van der Waals surface area contributed by atoms with Gasteiger partial charge in [0.05, 0.1) is 6.04 Å². The van der Waals surface area contributed by atoms with E-state index in [2.05, 4.69) is 22.8 Å². The molecule has 0 bridgehead atoms. The normalized spacial score (nSPS) is 17.8. The predicted molar refractivity (Wildman–Crippen MR) is 102 cm³/mol. The molecule has 0 radical (unpaired) electrons. The lowest BCUT2D eigenvalue weighted by atomic mass is 10.0. The third-order valence-corrected chi connectivity index (χ3v) is 5.03. The molecule has 0 aromatic heterocycles. The molecule has 2 aliphatic rings. The van der Waals surface area contributed by atoms with E-state index >= 15 is 0 Å². The van der Waals surface area contributed by atoms with Crippen LogP contribution in [0.1, 0.15) is 37.3 Å². The van der Waals surface area contributed by atoms with Gasteiger partial charge in [-0.05, 0) is 48.9 Å². The lowest BCUT2D eigenvalue weighted by molar-refractivity contribution is -0.117. The highest BCUT2D eigenvalue weighted by Crippen LogP contribution is 2.41. The van der Waals surface area contributed by atoms with Crippen molar-refractivity contribution in [3.63, 3.8) is 0 Å². The molecule has 1 saturated carbocycles. The van der Waals surface area contributed by atoms with Crippen molar-refractivity contribution in [3.05, 3.63) is 60.2 Å². The summed E-state index contributed by atoms with van der Waals surface area (Å²) >= 11 is 0. The summed E-state index contributed by atoms with van der Waals surface area (Å²) < 4.78 is 0. The van der Waals surface area contributed by atoms with Crippen LogP contribution in [0.5, 0.6) is 0 Å². The minimum Gasteiger partial charge on any atom is -0.331 e. The summed E-state index contributed by atoms with van der Waals surface area (Å²) in [5.74, 6) is 0.654. The number of anilines is 2. The molecule has 2 fully saturated rings. The maximum atomic E-state index is 12.5. The maximum Gasteiger partial charge on any atom is 0.319 e. The average molecular weight is 349 g/mol.